The van der Waals surface area contributed by atoms with Crippen molar-refractivity contribution in [3.05, 3.63) is 70.3 Å². The zero-order chi connectivity index (χ0) is 35.2. The number of urea groups is 1. The van der Waals surface area contributed by atoms with Gasteiger partial charge < -0.3 is 19.7 Å². The molecule has 13 heteroatoms. The molecule has 2 fully saturated rings. The summed E-state index contributed by atoms with van der Waals surface area (Å²) in [7, 11) is -1.92. The molecule has 2 heterocycles. The second kappa shape index (κ2) is 14.1. The summed E-state index contributed by atoms with van der Waals surface area (Å²) in [5.41, 5.74) is 3.17. The highest BCUT2D eigenvalue weighted by Gasteiger charge is 2.46. The number of carbonyl (C=O) groups excluding carboxylic acids is 2. The van der Waals surface area contributed by atoms with Gasteiger partial charge >= 0.3 is 6.03 Å². The van der Waals surface area contributed by atoms with E-state index in [0.717, 1.165) is 44.3 Å². The quantitative estimate of drug-likeness (QED) is 0.331. The van der Waals surface area contributed by atoms with E-state index in [4.69, 9.17) is 21.1 Å². The Balaban J connectivity index is 1.26. The van der Waals surface area contributed by atoms with Crippen LogP contribution in [-0.2, 0) is 26.5 Å². The van der Waals surface area contributed by atoms with E-state index >= 15 is 0 Å². The first-order chi connectivity index (χ1) is 24.0. The highest BCUT2D eigenvalue weighted by molar-refractivity contribution is 7.92. The van der Waals surface area contributed by atoms with Gasteiger partial charge in [0.2, 0.25) is 6.43 Å². The first-order valence-electron chi connectivity index (χ1n) is 17.6. The van der Waals surface area contributed by atoms with Crippen LogP contribution in [0.25, 0.3) is 0 Å². The van der Waals surface area contributed by atoms with E-state index in [9.17, 15) is 22.6 Å². The van der Waals surface area contributed by atoms with Gasteiger partial charge in [-0.05, 0) is 104 Å². The van der Waals surface area contributed by atoms with E-state index < -0.39 is 40.2 Å². The number of methoxy groups -OCH3 is 1. The molecule has 2 aromatic rings. The molecule has 2 bridgehead atoms. The number of ether oxygens (including phenoxy) is 2. The Morgan fingerprint density at radius 3 is 2.80 bits per heavy atom. The number of hydrogen-bond acceptors (Lipinski definition) is 6. The fourth-order valence-corrected chi connectivity index (χ4v) is 10.4. The number of allylic oxidation sites excluding steroid dienone is 1. The molecule has 270 valence electrons. The van der Waals surface area contributed by atoms with Crippen molar-refractivity contribution in [3.63, 3.8) is 0 Å². The van der Waals surface area contributed by atoms with E-state index in [1.807, 2.05) is 19.1 Å². The van der Waals surface area contributed by atoms with Gasteiger partial charge in [-0.15, -0.1) is 4.36 Å². The molecule has 3 aliphatic carbocycles. The first kappa shape index (κ1) is 35.2. The van der Waals surface area contributed by atoms with Gasteiger partial charge in [0.1, 0.15) is 15.7 Å². The number of nitrogens with one attached hydrogen (secondary N) is 2. The maximum atomic E-state index is 14.3. The van der Waals surface area contributed by atoms with Crippen molar-refractivity contribution in [1.29, 1.82) is 0 Å². The van der Waals surface area contributed by atoms with Crippen molar-refractivity contribution in [2.45, 2.75) is 75.9 Å². The van der Waals surface area contributed by atoms with Crippen LogP contribution in [0.5, 0.6) is 5.75 Å². The predicted octanol–water partition coefficient (Wildman–Crippen LogP) is 6.93. The molecule has 0 aromatic heterocycles. The van der Waals surface area contributed by atoms with Crippen molar-refractivity contribution in [3.8, 4) is 5.75 Å². The zero-order valence-corrected chi connectivity index (χ0v) is 30.0. The highest BCUT2D eigenvalue weighted by atomic mass is 35.5. The molecule has 8 atom stereocenters. The maximum Gasteiger partial charge on any atom is 0.327 e. The van der Waals surface area contributed by atoms with Gasteiger partial charge in [0, 0.05) is 48.2 Å². The van der Waals surface area contributed by atoms with Gasteiger partial charge in [-0.2, -0.15) is 0 Å². The summed E-state index contributed by atoms with van der Waals surface area (Å²) in [6, 6.07) is 9.71. The molecular weight excluding hydrogens is 686 g/mol. The summed E-state index contributed by atoms with van der Waals surface area (Å²) in [6.07, 6.45) is 7.07. The monoisotopic (exact) mass is 730 g/mol. The van der Waals surface area contributed by atoms with Crippen molar-refractivity contribution >= 4 is 39.1 Å². The van der Waals surface area contributed by atoms with Crippen molar-refractivity contribution in [2.24, 2.45) is 28.0 Å². The number of fused-ring (bicyclic) bond motifs is 4. The second-order valence-electron chi connectivity index (χ2n) is 14.9. The third-order valence-corrected chi connectivity index (χ3v) is 13.5. The SMILES string of the molecule is CO[C@H]1/C=C/C[C@H](C)CS(=O)(NC(=O)N[C@@H]2C[C@H]2C(F)F)=NC(=O)c2ccc3c(c2)N(C[C@@H]2CC[C@H]21)C[C@@]1(CCCc2cc(Cl)ccc21)CO3. The molecule has 0 radical (unpaired) electrons. The minimum atomic E-state index is -3.64. The Labute approximate surface area is 297 Å². The lowest BCUT2D eigenvalue weighted by Gasteiger charge is -2.46. The average molecular weight is 731 g/mol. The Bertz CT molecular complexity index is 1800. The standard InChI is InChI=1S/C37H45ClF2N4O5S/c1-22-5-3-7-32(48-2)27-11-8-25(27)18-44-20-37(14-4-6-23-15-26(38)10-12-29(23)37)21-49-33-13-9-24(16-31(33)44)35(45)42-50(47,19-22)43-36(46)41-30-17-28(30)34(39)40/h3,7,9-10,12-13,15-16,22,25,27-28,30,32,34H,4-6,8,11,14,17-21H2,1-2H3,(H2,41,42,43,45,46,47)/b7-3+/t22-,25-,27+,28+,30+,32-,37-,50?/m0/s1. The van der Waals surface area contributed by atoms with Crippen LogP contribution in [0.15, 0.2) is 52.9 Å². The molecule has 2 aromatic carbocycles. The molecule has 2 aliphatic heterocycles. The van der Waals surface area contributed by atoms with E-state index in [1.165, 1.54) is 11.1 Å². The molecule has 3 amide bonds. The number of carbonyl (C=O) groups is 2. The minimum Gasteiger partial charge on any atom is -0.490 e. The number of anilines is 1. The zero-order valence-electron chi connectivity index (χ0n) is 28.4. The first-order valence-corrected chi connectivity index (χ1v) is 19.7. The van der Waals surface area contributed by atoms with Crippen LogP contribution in [0, 0.1) is 23.7 Å². The average Bonchev–Trinajstić information content (AvgIpc) is 3.84. The van der Waals surface area contributed by atoms with E-state index in [0.29, 0.717) is 42.2 Å². The summed E-state index contributed by atoms with van der Waals surface area (Å²) >= 11 is 6.43. The van der Waals surface area contributed by atoms with Crippen LogP contribution in [0.2, 0.25) is 5.02 Å². The smallest absolute Gasteiger partial charge is 0.327 e. The Kier molecular flexibility index (Phi) is 9.90. The lowest BCUT2D eigenvalue weighted by molar-refractivity contribution is 0.0131. The molecule has 2 saturated carbocycles. The van der Waals surface area contributed by atoms with Crippen LogP contribution in [0.3, 0.4) is 0 Å². The van der Waals surface area contributed by atoms with Gasteiger partial charge in [-0.3, -0.25) is 9.52 Å². The van der Waals surface area contributed by atoms with E-state index in [1.54, 1.807) is 25.3 Å². The van der Waals surface area contributed by atoms with Crippen LogP contribution in [0.1, 0.15) is 66.9 Å². The van der Waals surface area contributed by atoms with E-state index in [-0.39, 0.29) is 35.2 Å². The summed E-state index contributed by atoms with van der Waals surface area (Å²) in [4.78, 5) is 29.1. The molecule has 1 unspecified atom stereocenters. The molecule has 5 aliphatic rings. The van der Waals surface area contributed by atoms with Crippen molar-refractivity contribution in [2.75, 3.05) is 37.5 Å². The van der Waals surface area contributed by atoms with Gasteiger partial charge in [0.05, 0.1) is 24.2 Å². The fourth-order valence-electron chi connectivity index (χ4n) is 8.37. The summed E-state index contributed by atoms with van der Waals surface area (Å²) in [6.45, 7) is 3.76. The molecule has 1 spiro atoms. The topological polar surface area (TPSA) is 109 Å². The number of nitrogens with zero attached hydrogens (tertiary/aromatic N) is 2. The van der Waals surface area contributed by atoms with Gasteiger partial charge in [-0.1, -0.05) is 36.7 Å². The number of benzene rings is 2. The number of amides is 3. The molecule has 0 saturated heterocycles. The summed E-state index contributed by atoms with van der Waals surface area (Å²) < 4.78 is 59.6. The largest absolute Gasteiger partial charge is 0.490 e. The highest BCUT2D eigenvalue weighted by Crippen LogP contribution is 2.47. The number of rotatable bonds is 4. The minimum absolute atomic E-state index is 0.102. The summed E-state index contributed by atoms with van der Waals surface area (Å²) in [5, 5.41) is 3.19. The van der Waals surface area contributed by atoms with Gasteiger partial charge in [-0.25, -0.2) is 17.8 Å². The molecule has 7 rings (SSSR count). The van der Waals surface area contributed by atoms with Gasteiger partial charge in [0.15, 0.2) is 0 Å². The molecule has 50 heavy (non-hydrogen) atoms. The number of halogens is 3. The van der Waals surface area contributed by atoms with Crippen LogP contribution >= 0.6 is 11.6 Å². The summed E-state index contributed by atoms with van der Waals surface area (Å²) in [5.74, 6) is -0.692. The maximum absolute atomic E-state index is 14.3. The van der Waals surface area contributed by atoms with Crippen LogP contribution < -0.4 is 19.7 Å². The van der Waals surface area contributed by atoms with Crippen LogP contribution in [-0.4, -0.2) is 67.3 Å². The third-order valence-electron chi connectivity index (χ3n) is 11.2. The fraction of sp³-hybridized carbons (Fsp3) is 0.568. The predicted molar refractivity (Wildman–Crippen MR) is 189 cm³/mol. The Morgan fingerprint density at radius 1 is 1.22 bits per heavy atom. The second-order valence-corrected chi connectivity index (χ2v) is 17.3. The number of alkyl halides is 2. The van der Waals surface area contributed by atoms with Crippen molar-refractivity contribution < 1.29 is 32.1 Å². The Morgan fingerprint density at radius 2 is 2.06 bits per heavy atom. The van der Waals surface area contributed by atoms with Gasteiger partial charge in [0.25, 0.3) is 5.91 Å². The normalized spacial score (nSPS) is 34.3. The van der Waals surface area contributed by atoms with Crippen LogP contribution in [0.4, 0.5) is 19.3 Å². The number of hydrogen-bond donors (Lipinski definition) is 2. The van der Waals surface area contributed by atoms with Crippen molar-refractivity contribution in [1.82, 2.24) is 10.0 Å². The van der Waals surface area contributed by atoms with E-state index in [2.05, 4.69) is 37.5 Å². The third kappa shape index (κ3) is 7.25. The molecule has 2 N–H and O–H groups in total. The number of aryl methyl sites for hydroxylation is 1. The molecule has 9 nitrogen and oxygen atoms in total. The lowest BCUT2D eigenvalue weighted by Crippen LogP contribution is -2.49. The Hall–Kier alpha value is -3.22. The lowest BCUT2D eigenvalue weighted by atomic mass is 9.68. The molecular formula is C37H45ClF2N4O5S.